The van der Waals surface area contributed by atoms with E-state index in [1.807, 2.05) is 6.92 Å². The van der Waals surface area contributed by atoms with E-state index >= 15 is 0 Å². The summed E-state index contributed by atoms with van der Waals surface area (Å²) in [7, 11) is 1.44. The number of aliphatic hydroxyl groups excluding tert-OH is 1. The van der Waals surface area contributed by atoms with Gasteiger partial charge in [-0.1, -0.05) is 13.0 Å². The van der Waals surface area contributed by atoms with Crippen LogP contribution in [0.15, 0.2) is 18.2 Å². The van der Waals surface area contributed by atoms with Crippen molar-refractivity contribution in [3.8, 4) is 0 Å². The molecule has 4 heteroatoms. The summed E-state index contributed by atoms with van der Waals surface area (Å²) in [4.78, 5) is 0. The fraction of sp³-hybridized carbons (Fsp3) is 0.455. The minimum atomic E-state index is -1.07. The Balaban J connectivity index is 2.94. The van der Waals surface area contributed by atoms with Gasteiger partial charge in [0.05, 0.1) is 6.10 Å². The van der Waals surface area contributed by atoms with Crippen molar-refractivity contribution >= 4 is 0 Å². The number of rotatable bonds is 4. The molecule has 1 aromatic carbocycles. The number of hydrogen-bond acceptors (Lipinski definition) is 2. The lowest BCUT2D eigenvalue weighted by atomic mass is 10.0. The predicted octanol–water partition coefficient (Wildman–Crippen LogP) is 2.42. The molecule has 0 aliphatic rings. The topological polar surface area (TPSA) is 29.5 Å². The first-order valence-electron chi connectivity index (χ1n) is 4.76. The Morgan fingerprint density at radius 1 is 1.40 bits per heavy atom. The highest BCUT2D eigenvalue weighted by Crippen LogP contribution is 2.23. The molecule has 84 valence electrons. The molecule has 15 heavy (non-hydrogen) atoms. The van der Waals surface area contributed by atoms with Crippen molar-refractivity contribution in [3.05, 3.63) is 35.4 Å². The van der Waals surface area contributed by atoms with Crippen LogP contribution in [0.3, 0.4) is 0 Å². The van der Waals surface area contributed by atoms with Crippen LogP contribution < -0.4 is 0 Å². The molecule has 0 aliphatic heterocycles. The Bertz CT molecular complexity index is 324. The average molecular weight is 216 g/mol. The van der Waals surface area contributed by atoms with Gasteiger partial charge in [0.2, 0.25) is 0 Å². The van der Waals surface area contributed by atoms with Crippen molar-refractivity contribution in [1.82, 2.24) is 0 Å². The number of hydrogen-bond donors (Lipinski definition) is 1. The minimum absolute atomic E-state index is 0.0603. The van der Waals surface area contributed by atoms with Crippen molar-refractivity contribution in [2.45, 2.75) is 25.6 Å². The van der Waals surface area contributed by atoms with Gasteiger partial charge in [-0.05, 0) is 12.5 Å². The Hall–Kier alpha value is -1.00. The van der Waals surface area contributed by atoms with Gasteiger partial charge in [-0.3, -0.25) is 0 Å². The fourth-order valence-corrected chi connectivity index (χ4v) is 1.46. The lowest BCUT2D eigenvalue weighted by Gasteiger charge is -2.20. The van der Waals surface area contributed by atoms with Crippen LogP contribution in [0.5, 0.6) is 0 Å². The van der Waals surface area contributed by atoms with E-state index in [1.165, 1.54) is 13.2 Å². The minimum Gasteiger partial charge on any atom is -0.386 e. The summed E-state index contributed by atoms with van der Waals surface area (Å²) in [5.41, 5.74) is 0.0603. The third-order valence-corrected chi connectivity index (χ3v) is 2.34. The van der Waals surface area contributed by atoms with E-state index < -0.39 is 23.8 Å². The van der Waals surface area contributed by atoms with E-state index in [-0.39, 0.29) is 5.56 Å². The quantitative estimate of drug-likeness (QED) is 0.837. The summed E-state index contributed by atoms with van der Waals surface area (Å²) in [6.45, 7) is 1.82. The van der Waals surface area contributed by atoms with Crippen LogP contribution in [-0.2, 0) is 4.74 Å². The van der Waals surface area contributed by atoms with Crippen LogP contribution in [0.1, 0.15) is 25.0 Å². The highest BCUT2D eigenvalue weighted by Gasteiger charge is 2.21. The number of benzene rings is 1. The van der Waals surface area contributed by atoms with Gasteiger partial charge in [-0.25, -0.2) is 8.78 Å². The third-order valence-electron chi connectivity index (χ3n) is 2.34. The first-order chi connectivity index (χ1) is 7.10. The van der Waals surface area contributed by atoms with Crippen LogP contribution in [0.25, 0.3) is 0 Å². The molecule has 0 saturated heterocycles. The smallest absolute Gasteiger partial charge is 0.132 e. The Morgan fingerprint density at radius 2 is 2.07 bits per heavy atom. The normalized spacial score (nSPS) is 15.0. The molecule has 0 bridgehead atoms. The Morgan fingerprint density at radius 3 is 2.53 bits per heavy atom. The maximum absolute atomic E-state index is 13.3. The van der Waals surface area contributed by atoms with E-state index in [2.05, 4.69) is 0 Å². The molecule has 0 spiro atoms. The zero-order valence-electron chi connectivity index (χ0n) is 8.71. The average Bonchev–Trinajstić information content (AvgIpc) is 2.19. The number of ether oxygens (including phenoxy) is 1. The molecular weight excluding hydrogens is 202 g/mol. The molecule has 1 aromatic rings. The zero-order valence-corrected chi connectivity index (χ0v) is 8.71. The molecule has 0 fully saturated rings. The van der Waals surface area contributed by atoms with Gasteiger partial charge in [0.15, 0.2) is 0 Å². The molecular formula is C11H14F2O2. The van der Waals surface area contributed by atoms with E-state index in [4.69, 9.17) is 4.74 Å². The molecule has 0 aromatic heterocycles. The van der Waals surface area contributed by atoms with Gasteiger partial charge in [0.1, 0.15) is 17.7 Å². The van der Waals surface area contributed by atoms with Crippen LogP contribution in [-0.4, -0.2) is 18.3 Å². The van der Waals surface area contributed by atoms with Crippen molar-refractivity contribution in [2.24, 2.45) is 0 Å². The fourth-order valence-electron chi connectivity index (χ4n) is 1.46. The molecule has 0 aliphatic carbocycles. The Labute approximate surface area is 87.5 Å². The summed E-state index contributed by atoms with van der Waals surface area (Å²) in [5, 5.41) is 9.76. The molecule has 0 saturated carbocycles. The van der Waals surface area contributed by atoms with E-state index in [0.717, 1.165) is 12.1 Å². The first kappa shape index (κ1) is 12.1. The van der Waals surface area contributed by atoms with Crippen molar-refractivity contribution in [1.29, 1.82) is 0 Å². The van der Waals surface area contributed by atoms with E-state index in [1.54, 1.807) is 0 Å². The molecule has 2 unspecified atom stereocenters. The summed E-state index contributed by atoms with van der Waals surface area (Å²) < 4.78 is 30.9. The Kier molecular flexibility index (Phi) is 4.17. The van der Waals surface area contributed by atoms with Gasteiger partial charge in [0, 0.05) is 18.7 Å². The monoisotopic (exact) mass is 216 g/mol. The first-order valence-corrected chi connectivity index (χ1v) is 4.76. The lowest BCUT2D eigenvalue weighted by Crippen LogP contribution is -2.20. The van der Waals surface area contributed by atoms with Crippen LogP contribution >= 0.6 is 0 Å². The third kappa shape index (κ3) is 2.73. The summed E-state index contributed by atoms with van der Waals surface area (Å²) >= 11 is 0. The molecule has 0 amide bonds. The number of aliphatic hydroxyl groups is 1. The SMILES string of the molecule is CCC(OC)C(O)c1ccc(F)cc1F. The summed E-state index contributed by atoms with van der Waals surface area (Å²) in [5.74, 6) is -1.41. The predicted molar refractivity (Wildman–Crippen MR) is 52.4 cm³/mol. The van der Waals surface area contributed by atoms with Crippen LogP contribution in [0.2, 0.25) is 0 Å². The molecule has 1 rings (SSSR count). The van der Waals surface area contributed by atoms with E-state index in [0.29, 0.717) is 6.42 Å². The standard InChI is InChI=1S/C11H14F2O2/c1-3-10(15-2)11(14)8-5-4-7(12)6-9(8)13/h4-6,10-11,14H,3H2,1-2H3. The largest absolute Gasteiger partial charge is 0.386 e. The van der Waals surface area contributed by atoms with Crippen LogP contribution in [0.4, 0.5) is 8.78 Å². The molecule has 0 heterocycles. The van der Waals surface area contributed by atoms with E-state index in [9.17, 15) is 13.9 Å². The van der Waals surface area contributed by atoms with Gasteiger partial charge >= 0.3 is 0 Å². The zero-order chi connectivity index (χ0) is 11.4. The van der Waals surface area contributed by atoms with Gasteiger partial charge < -0.3 is 9.84 Å². The van der Waals surface area contributed by atoms with Gasteiger partial charge in [-0.2, -0.15) is 0 Å². The molecule has 1 N–H and O–H groups in total. The summed E-state index contributed by atoms with van der Waals surface area (Å²) in [6, 6.07) is 3.10. The molecule has 2 nitrogen and oxygen atoms in total. The highest BCUT2D eigenvalue weighted by molar-refractivity contribution is 5.21. The van der Waals surface area contributed by atoms with Crippen molar-refractivity contribution < 1.29 is 18.6 Å². The second-order valence-electron chi connectivity index (χ2n) is 3.29. The van der Waals surface area contributed by atoms with Crippen molar-refractivity contribution in [2.75, 3.05) is 7.11 Å². The molecule has 0 radical (unpaired) electrons. The lowest BCUT2D eigenvalue weighted by molar-refractivity contribution is -0.0165. The van der Waals surface area contributed by atoms with Gasteiger partial charge in [0.25, 0.3) is 0 Å². The van der Waals surface area contributed by atoms with Crippen molar-refractivity contribution in [3.63, 3.8) is 0 Å². The highest BCUT2D eigenvalue weighted by atomic mass is 19.1. The number of halogens is 2. The second-order valence-corrected chi connectivity index (χ2v) is 3.29. The maximum atomic E-state index is 13.3. The van der Waals surface area contributed by atoms with Crippen LogP contribution in [0, 0.1) is 11.6 Å². The van der Waals surface area contributed by atoms with Gasteiger partial charge in [-0.15, -0.1) is 0 Å². The number of methoxy groups -OCH3 is 1. The second kappa shape index (κ2) is 5.19. The molecule has 2 atom stereocenters. The summed E-state index contributed by atoms with van der Waals surface area (Å²) in [6.07, 6.45) is -1.00. The maximum Gasteiger partial charge on any atom is 0.132 e.